The van der Waals surface area contributed by atoms with Gasteiger partial charge in [-0.05, 0) is 19.8 Å². The first kappa shape index (κ1) is 14.3. The SMILES string of the molecule is CCCn1ncnc1CNC(C)CCS(C)=O. The maximum atomic E-state index is 11.0. The van der Waals surface area contributed by atoms with E-state index in [1.165, 1.54) is 0 Å². The molecule has 0 spiro atoms. The van der Waals surface area contributed by atoms with Crippen molar-refractivity contribution in [3.05, 3.63) is 12.2 Å². The Balaban J connectivity index is 2.33. The summed E-state index contributed by atoms with van der Waals surface area (Å²) in [4.78, 5) is 4.23. The summed E-state index contributed by atoms with van der Waals surface area (Å²) in [5, 5.41) is 7.56. The molecule has 1 N–H and O–H groups in total. The van der Waals surface area contributed by atoms with E-state index in [2.05, 4.69) is 29.2 Å². The van der Waals surface area contributed by atoms with Crippen molar-refractivity contribution in [1.29, 1.82) is 0 Å². The normalized spacial score (nSPS) is 14.8. The van der Waals surface area contributed by atoms with Crippen LogP contribution in [0.2, 0.25) is 0 Å². The second kappa shape index (κ2) is 7.55. The number of hydrogen-bond donors (Lipinski definition) is 1. The minimum Gasteiger partial charge on any atom is -0.307 e. The van der Waals surface area contributed by atoms with Crippen molar-refractivity contribution in [3.8, 4) is 0 Å². The summed E-state index contributed by atoms with van der Waals surface area (Å²) < 4.78 is 12.9. The number of nitrogens with zero attached hydrogens (tertiary/aromatic N) is 3. The van der Waals surface area contributed by atoms with Gasteiger partial charge in [-0.1, -0.05) is 6.92 Å². The summed E-state index contributed by atoms with van der Waals surface area (Å²) in [6.45, 7) is 5.85. The van der Waals surface area contributed by atoms with E-state index >= 15 is 0 Å². The highest BCUT2D eigenvalue weighted by Crippen LogP contribution is 1.98. The van der Waals surface area contributed by atoms with Crippen LogP contribution in [-0.2, 0) is 23.9 Å². The van der Waals surface area contributed by atoms with Crippen molar-refractivity contribution in [2.24, 2.45) is 0 Å². The van der Waals surface area contributed by atoms with Crippen LogP contribution in [0, 0.1) is 0 Å². The lowest BCUT2D eigenvalue weighted by molar-refractivity contribution is 0.491. The molecule has 1 heterocycles. The van der Waals surface area contributed by atoms with Gasteiger partial charge in [-0.25, -0.2) is 9.67 Å². The van der Waals surface area contributed by atoms with E-state index < -0.39 is 10.8 Å². The summed E-state index contributed by atoms with van der Waals surface area (Å²) in [6.07, 6.45) is 5.31. The fourth-order valence-corrected chi connectivity index (χ4v) is 2.22. The topological polar surface area (TPSA) is 59.8 Å². The van der Waals surface area contributed by atoms with Crippen molar-refractivity contribution in [1.82, 2.24) is 20.1 Å². The molecule has 0 amide bonds. The first-order valence-electron chi connectivity index (χ1n) is 6.03. The molecular formula is C11H22N4OS. The van der Waals surface area contributed by atoms with Crippen molar-refractivity contribution in [2.45, 2.75) is 45.8 Å². The second-order valence-corrected chi connectivity index (χ2v) is 5.80. The van der Waals surface area contributed by atoms with Crippen molar-refractivity contribution < 1.29 is 4.21 Å². The van der Waals surface area contributed by atoms with Crippen LogP contribution < -0.4 is 5.32 Å². The Bertz CT molecular complexity index is 353. The van der Waals surface area contributed by atoms with Crippen LogP contribution in [0.4, 0.5) is 0 Å². The first-order chi connectivity index (χ1) is 8.13. The summed E-state index contributed by atoms with van der Waals surface area (Å²) in [7, 11) is -0.707. The molecule has 0 aliphatic rings. The molecule has 98 valence electrons. The van der Waals surface area contributed by atoms with Crippen LogP contribution in [0.1, 0.15) is 32.5 Å². The number of aromatic nitrogens is 3. The van der Waals surface area contributed by atoms with E-state index in [0.717, 1.165) is 37.5 Å². The van der Waals surface area contributed by atoms with Gasteiger partial charge in [-0.2, -0.15) is 5.10 Å². The Labute approximate surface area is 105 Å². The lowest BCUT2D eigenvalue weighted by Crippen LogP contribution is -2.28. The fraction of sp³-hybridized carbons (Fsp3) is 0.818. The van der Waals surface area contributed by atoms with Crippen LogP contribution in [-0.4, -0.2) is 37.0 Å². The third-order valence-corrected chi connectivity index (χ3v) is 3.39. The van der Waals surface area contributed by atoms with Gasteiger partial charge < -0.3 is 5.32 Å². The highest BCUT2D eigenvalue weighted by Gasteiger charge is 2.06. The van der Waals surface area contributed by atoms with Crippen molar-refractivity contribution in [3.63, 3.8) is 0 Å². The van der Waals surface area contributed by atoms with E-state index in [0.29, 0.717) is 6.04 Å². The van der Waals surface area contributed by atoms with Crippen LogP contribution in [0.25, 0.3) is 0 Å². The highest BCUT2D eigenvalue weighted by atomic mass is 32.2. The third-order valence-electron chi connectivity index (χ3n) is 2.58. The molecule has 0 radical (unpaired) electrons. The average molecular weight is 258 g/mol. The Morgan fingerprint density at radius 1 is 1.59 bits per heavy atom. The molecule has 0 fully saturated rings. The van der Waals surface area contributed by atoms with Gasteiger partial charge in [0.15, 0.2) is 0 Å². The van der Waals surface area contributed by atoms with Crippen LogP contribution in [0.3, 0.4) is 0 Å². The molecule has 1 aromatic rings. The van der Waals surface area contributed by atoms with Gasteiger partial charge in [0.25, 0.3) is 0 Å². The molecule has 0 saturated carbocycles. The minimum absolute atomic E-state index is 0.352. The predicted octanol–water partition coefficient (Wildman–Crippen LogP) is 0.935. The van der Waals surface area contributed by atoms with Gasteiger partial charge in [0, 0.05) is 35.4 Å². The van der Waals surface area contributed by atoms with E-state index in [1.54, 1.807) is 12.6 Å². The number of hydrogen-bond acceptors (Lipinski definition) is 4. The van der Waals surface area contributed by atoms with Crippen molar-refractivity contribution >= 4 is 10.8 Å². The molecule has 17 heavy (non-hydrogen) atoms. The maximum Gasteiger partial charge on any atom is 0.140 e. The zero-order valence-corrected chi connectivity index (χ0v) is 11.7. The van der Waals surface area contributed by atoms with E-state index in [-0.39, 0.29) is 0 Å². The van der Waals surface area contributed by atoms with E-state index in [1.807, 2.05) is 4.68 Å². The standard InChI is InChI=1S/C11H22N4OS/c1-4-6-15-11(13-9-14-15)8-12-10(2)5-7-17(3)16/h9-10,12H,4-8H2,1-3H3. The molecule has 1 rings (SSSR count). The van der Waals surface area contributed by atoms with E-state index in [4.69, 9.17) is 0 Å². The van der Waals surface area contributed by atoms with Crippen LogP contribution in [0.15, 0.2) is 6.33 Å². The zero-order valence-electron chi connectivity index (χ0n) is 10.8. The summed E-state index contributed by atoms with van der Waals surface area (Å²) in [6, 6.07) is 0.352. The second-order valence-electron chi connectivity index (χ2n) is 4.25. The van der Waals surface area contributed by atoms with Crippen molar-refractivity contribution in [2.75, 3.05) is 12.0 Å². The third kappa shape index (κ3) is 5.41. The minimum atomic E-state index is -0.707. The molecule has 1 aromatic heterocycles. The summed E-state index contributed by atoms with van der Waals surface area (Å²) >= 11 is 0. The summed E-state index contributed by atoms with van der Waals surface area (Å²) in [5.41, 5.74) is 0. The molecule has 6 heteroatoms. The molecule has 2 unspecified atom stereocenters. The van der Waals surface area contributed by atoms with Gasteiger partial charge >= 0.3 is 0 Å². The molecule has 0 aliphatic carbocycles. The molecule has 0 aliphatic heterocycles. The average Bonchev–Trinajstić information content (AvgIpc) is 2.71. The van der Waals surface area contributed by atoms with Gasteiger partial charge in [0.2, 0.25) is 0 Å². The lowest BCUT2D eigenvalue weighted by Gasteiger charge is -2.13. The van der Waals surface area contributed by atoms with Gasteiger partial charge in [0.05, 0.1) is 6.54 Å². The highest BCUT2D eigenvalue weighted by molar-refractivity contribution is 7.84. The molecule has 5 nitrogen and oxygen atoms in total. The fourth-order valence-electron chi connectivity index (χ4n) is 1.53. The van der Waals surface area contributed by atoms with Gasteiger partial charge in [0.1, 0.15) is 12.2 Å². The number of rotatable bonds is 8. The molecule has 0 bridgehead atoms. The van der Waals surface area contributed by atoms with Gasteiger partial charge in [-0.15, -0.1) is 0 Å². The van der Waals surface area contributed by atoms with Crippen LogP contribution >= 0.6 is 0 Å². The molecule has 2 atom stereocenters. The first-order valence-corrected chi connectivity index (χ1v) is 7.76. The van der Waals surface area contributed by atoms with Crippen LogP contribution in [0.5, 0.6) is 0 Å². The smallest absolute Gasteiger partial charge is 0.140 e. The number of nitrogens with one attached hydrogen (secondary N) is 1. The Kier molecular flexibility index (Phi) is 6.36. The number of aryl methyl sites for hydroxylation is 1. The van der Waals surface area contributed by atoms with Gasteiger partial charge in [-0.3, -0.25) is 4.21 Å². The quantitative estimate of drug-likeness (QED) is 0.754. The predicted molar refractivity (Wildman–Crippen MR) is 70.2 cm³/mol. The lowest BCUT2D eigenvalue weighted by atomic mass is 10.2. The summed E-state index contributed by atoms with van der Waals surface area (Å²) in [5.74, 6) is 1.71. The zero-order chi connectivity index (χ0) is 12.7. The Morgan fingerprint density at radius 3 is 3.00 bits per heavy atom. The molecular weight excluding hydrogens is 236 g/mol. The monoisotopic (exact) mass is 258 g/mol. The van der Waals surface area contributed by atoms with E-state index in [9.17, 15) is 4.21 Å². The maximum absolute atomic E-state index is 11.0. The Morgan fingerprint density at radius 2 is 2.35 bits per heavy atom. The molecule has 0 aromatic carbocycles. The Hall–Kier alpha value is -0.750. The molecule has 0 saturated heterocycles. The largest absolute Gasteiger partial charge is 0.307 e.